The maximum atomic E-state index is 11.9. The van der Waals surface area contributed by atoms with Crippen molar-refractivity contribution >= 4 is 17.4 Å². The summed E-state index contributed by atoms with van der Waals surface area (Å²) in [6, 6.07) is 13.6. The van der Waals surface area contributed by atoms with Crippen molar-refractivity contribution in [3.8, 4) is 5.75 Å². The molecule has 0 aliphatic heterocycles. The van der Waals surface area contributed by atoms with Crippen LogP contribution in [0, 0.1) is 0 Å². The molecule has 2 aromatic rings. The predicted octanol–water partition coefficient (Wildman–Crippen LogP) is 3.45. The molecule has 0 radical (unpaired) electrons. The molecule has 3 rings (SSSR count). The van der Waals surface area contributed by atoms with E-state index in [0.717, 1.165) is 5.69 Å². The predicted molar refractivity (Wildman–Crippen MR) is 90.7 cm³/mol. The van der Waals surface area contributed by atoms with E-state index in [0.29, 0.717) is 17.6 Å². The number of hydrogen-bond donors (Lipinski definition) is 2. The standard InChI is InChI=1S/C18H21N3O2/c22-18(13-23-16-8-2-1-3-9-16)21-17-11-10-15(12-19-17)20-14-6-4-5-7-14/h1-3,8-12,14,20H,4-7,13H2,(H,19,21,22). The molecule has 0 atom stereocenters. The molecule has 1 aliphatic rings. The third-order valence-electron chi connectivity index (χ3n) is 3.87. The van der Waals surface area contributed by atoms with Crippen LogP contribution in [0.4, 0.5) is 11.5 Å². The van der Waals surface area contributed by atoms with Gasteiger partial charge in [-0.1, -0.05) is 31.0 Å². The molecule has 1 aromatic carbocycles. The lowest BCUT2D eigenvalue weighted by Gasteiger charge is -2.13. The Morgan fingerprint density at radius 2 is 1.91 bits per heavy atom. The lowest BCUT2D eigenvalue weighted by atomic mass is 10.2. The van der Waals surface area contributed by atoms with Crippen LogP contribution in [0.15, 0.2) is 48.7 Å². The third-order valence-corrected chi connectivity index (χ3v) is 3.87. The molecule has 1 aliphatic carbocycles. The zero-order chi connectivity index (χ0) is 15.9. The number of amides is 1. The van der Waals surface area contributed by atoms with Crippen molar-refractivity contribution in [1.82, 2.24) is 4.98 Å². The number of nitrogens with zero attached hydrogens (tertiary/aromatic N) is 1. The third kappa shape index (κ3) is 4.71. The van der Waals surface area contributed by atoms with Crippen LogP contribution in [0.25, 0.3) is 0 Å². The molecule has 0 unspecified atom stereocenters. The van der Waals surface area contributed by atoms with Crippen molar-refractivity contribution in [3.05, 3.63) is 48.7 Å². The molecule has 1 fully saturated rings. The number of nitrogens with one attached hydrogen (secondary N) is 2. The van der Waals surface area contributed by atoms with Gasteiger partial charge in [0.05, 0.1) is 11.9 Å². The van der Waals surface area contributed by atoms with Crippen LogP contribution >= 0.6 is 0 Å². The molecule has 1 aromatic heterocycles. The van der Waals surface area contributed by atoms with Crippen LogP contribution in [0.2, 0.25) is 0 Å². The average molecular weight is 311 g/mol. The van der Waals surface area contributed by atoms with Gasteiger partial charge in [0.15, 0.2) is 6.61 Å². The quantitative estimate of drug-likeness (QED) is 0.857. The first-order valence-corrected chi connectivity index (χ1v) is 8.00. The first-order valence-electron chi connectivity index (χ1n) is 8.00. The van der Waals surface area contributed by atoms with Gasteiger partial charge in [0.25, 0.3) is 5.91 Å². The van der Waals surface area contributed by atoms with Gasteiger partial charge in [-0.15, -0.1) is 0 Å². The number of hydrogen-bond acceptors (Lipinski definition) is 4. The molecule has 0 saturated heterocycles. The van der Waals surface area contributed by atoms with E-state index in [1.54, 1.807) is 12.3 Å². The van der Waals surface area contributed by atoms with E-state index >= 15 is 0 Å². The Hall–Kier alpha value is -2.56. The molecule has 2 N–H and O–H groups in total. The summed E-state index contributed by atoms with van der Waals surface area (Å²) in [4.78, 5) is 16.1. The molecule has 1 saturated carbocycles. The minimum Gasteiger partial charge on any atom is -0.484 e. The van der Waals surface area contributed by atoms with E-state index in [9.17, 15) is 4.79 Å². The molecule has 120 valence electrons. The maximum Gasteiger partial charge on any atom is 0.263 e. The first-order chi connectivity index (χ1) is 11.3. The zero-order valence-corrected chi connectivity index (χ0v) is 13.0. The second-order valence-corrected chi connectivity index (χ2v) is 5.71. The average Bonchev–Trinajstić information content (AvgIpc) is 3.09. The summed E-state index contributed by atoms with van der Waals surface area (Å²) >= 11 is 0. The lowest BCUT2D eigenvalue weighted by molar-refractivity contribution is -0.118. The van der Waals surface area contributed by atoms with Crippen LogP contribution < -0.4 is 15.4 Å². The fourth-order valence-corrected chi connectivity index (χ4v) is 2.70. The molecule has 1 amide bonds. The molecular formula is C18H21N3O2. The zero-order valence-electron chi connectivity index (χ0n) is 13.0. The summed E-state index contributed by atoms with van der Waals surface area (Å²) in [7, 11) is 0. The van der Waals surface area contributed by atoms with Crippen molar-refractivity contribution < 1.29 is 9.53 Å². The monoisotopic (exact) mass is 311 g/mol. The Labute approximate surface area is 136 Å². The number of carbonyl (C=O) groups is 1. The van der Waals surface area contributed by atoms with E-state index < -0.39 is 0 Å². The van der Waals surface area contributed by atoms with Gasteiger partial charge in [0.1, 0.15) is 11.6 Å². The van der Waals surface area contributed by atoms with Gasteiger partial charge in [0.2, 0.25) is 0 Å². The van der Waals surface area contributed by atoms with E-state index in [1.165, 1.54) is 25.7 Å². The Balaban J connectivity index is 1.46. The highest BCUT2D eigenvalue weighted by atomic mass is 16.5. The first kappa shape index (κ1) is 15.3. The Morgan fingerprint density at radius 1 is 1.13 bits per heavy atom. The van der Waals surface area contributed by atoms with E-state index in [1.807, 2.05) is 36.4 Å². The van der Waals surface area contributed by atoms with Crippen molar-refractivity contribution in [2.24, 2.45) is 0 Å². The smallest absolute Gasteiger partial charge is 0.263 e. The molecule has 5 nitrogen and oxygen atoms in total. The van der Waals surface area contributed by atoms with E-state index in [4.69, 9.17) is 4.74 Å². The van der Waals surface area contributed by atoms with E-state index in [2.05, 4.69) is 15.6 Å². The van der Waals surface area contributed by atoms with Gasteiger partial charge in [-0.05, 0) is 37.1 Å². The summed E-state index contributed by atoms with van der Waals surface area (Å²) in [6.45, 7) is -0.0340. The highest BCUT2D eigenvalue weighted by Gasteiger charge is 2.14. The number of anilines is 2. The second-order valence-electron chi connectivity index (χ2n) is 5.71. The van der Waals surface area contributed by atoms with Crippen LogP contribution in [0.3, 0.4) is 0 Å². The molecule has 0 spiro atoms. The molecule has 0 bridgehead atoms. The van der Waals surface area contributed by atoms with Crippen molar-refractivity contribution in [1.29, 1.82) is 0 Å². The summed E-state index contributed by atoms with van der Waals surface area (Å²) in [5.74, 6) is 0.980. The fraction of sp³-hybridized carbons (Fsp3) is 0.333. The minimum atomic E-state index is -0.224. The SMILES string of the molecule is O=C(COc1ccccc1)Nc1ccc(NC2CCCC2)cn1. The number of benzene rings is 1. The summed E-state index contributed by atoms with van der Waals surface area (Å²) < 4.78 is 5.40. The number of para-hydroxylation sites is 1. The Kier molecular flexibility index (Phi) is 5.09. The highest BCUT2D eigenvalue weighted by Crippen LogP contribution is 2.22. The summed E-state index contributed by atoms with van der Waals surface area (Å²) in [5, 5.41) is 6.20. The van der Waals surface area contributed by atoms with Gasteiger partial charge in [-0.2, -0.15) is 0 Å². The summed E-state index contributed by atoms with van der Waals surface area (Å²) in [6.07, 6.45) is 6.78. The van der Waals surface area contributed by atoms with Crippen LogP contribution in [-0.2, 0) is 4.79 Å². The van der Waals surface area contributed by atoms with Crippen molar-refractivity contribution in [3.63, 3.8) is 0 Å². The van der Waals surface area contributed by atoms with Gasteiger partial charge >= 0.3 is 0 Å². The highest BCUT2D eigenvalue weighted by molar-refractivity contribution is 5.91. The maximum absolute atomic E-state index is 11.9. The van der Waals surface area contributed by atoms with Crippen LogP contribution in [0.1, 0.15) is 25.7 Å². The largest absolute Gasteiger partial charge is 0.484 e. The van der Waals surface area contributed by atoms with Gasteiger partial charge in [-0.25, -0.2) is 4.98 Å². The number of ether oxygens (including phenoxy) is 1. The van der Waals surface area contributed by atoms with Gasteiger partial charge in [-0.3, -0.25) is 4.79 Å². The Morgan fingerprint density at radius 3 is 2.61 bits per heavy atom. The lowest BCUT2D eigenvalue weighted by Crippen LogP contribution is -2.21. The number of carbonyl (C=O) groups excluding carboxylic acids is 1. The topological polar surface area (TPSA) is 63.2 Å². The normalized spacial score (nSPS) is 14.4. The van der Waals surface area contributed by atoms with Crippen molar-refractivity contribution in [2.75, 3.05) is 17.2 Å². The number of aromatic nitrogens is 1. The Bertz CT molecular complexity index is 622. The number of pyridine rings is 1. The van der Waals surface area contributed by atoms with Crippen LogP contribution in [-0.4, -0.2) is 23.5 Å². The van der Waals surface area contributed by atoms with Gasteiger partial charge < -0.3 is 15.4 Å². The molecule has 5 heteroatoms. The number of rotatable bonds is 6. The second kappa shape index (κ2) is 7.63. The van der Waals surface area contributed by atoms with E-state index in [-0.39, 0.29) is 12.5 Å². The molecule has 23 heavy (non-hydrogen) atoms. The fourth-order valence-electron chi connectivity index (χ4n) is 2.70. The minimum absolute atomic E-state index is 0.0340. The molecular weight excluding hydrogens is 290 g/mol. The van der Waals surface area contributed by atoms with Crippen molar-refractivity contribution in [2.45, 2.75) is 31.7 Å². The summed E-state index contributed by atoms with van der Waals surface area (Å²) in [5.41, 5.74) is 0.996. The molecule has 1 heterocycles. The van der Waals surface area contributed by atoms with Gasteiger partial charge in [0, 0.05) is 6.04 Å². The van der Waals surface area contributed by atoms with Crippen LogP contribution in [0.5, 0.6) is 5.75 Å².